The average molecular weight is 329 g/mol. The van der Waals surface area contributed by atoms with Crippen molar-refractivity contribution < 1.29 is 8.42 Å². The van der Waals surface area contributed by atoms with Crippen molar-refractivity contribution in [1.29, 1.82) is 0 Å². The molecular weight excluding hydrogens is 304 g/mol. The Morgan fingerprint density at radius 3 is 2.24 bits per heavy atom. The molecule has 0 saturated carbocycles. The molecular formula is C15H24N2O2S2. The van der Waals surface area contributed by atoms with Gasteiger partial charge in [-0.2, -0.15) is 0 Å². The van der Waals surface area contributed by atoms with Crippen molar-refractivity contribution in [2.45, 2.75) is 50.3 Å². The Hall–Kier alpha value is -0.980. The largest absolute Gasteiger partial charge is 0.389 e. The van der Waals surface area contributed by atoms with Gasteiger partial charge in [0.2, 0.25) is 10.0 Å². The molecule has 0 saturated heterocycles. The van der Waals surface area contributed by atoms with E-state index in [1.165, 1.54) is 31.4 Å². The van der Waals surface area contributed by atoms with Crippen LogP contribution in [0.1, 0.15) is 51.0 Å². The van der Waals surface area contributed by atoms with Gasteiger partial charge in [-0.25, -0.2) is 13.1 Å². The molecule has 6 heteroatoms. The number of sulfonamides is 1. The first kappa shape index (κ1) is 18.1. The second-order valence-electron chi connectivity index (χ2n) is 5.05. The summed E-state index contributed by atoms with van der Waals surface area (Å²) in [4.78, 5) is 0.507. The monoisotopic (exact) mass is 328 g/mol. The number of benzene rings is 1. The predicted octanol–water partition coefficient (Wildman–Crippen LogP) is 2.96. The lowest BCUT2D eigenvalue weighted by Gasteiger charge is -2.07. The van der Waals surface area contributed by atoms with Crippen molar-refractivity contribution in [2.75, 3.05) is 6.54 Å². The maximum Gasteiger partial charge on any atom is 0.240 e. The van der Waals surface area contributed by atoms with E-state index in [4.69, 9.17) is 18.0 Å². The Bertz CT molecular complexity index is 539. The fourth-order valence-electron chi connectivity index (χ4n) is 1.99. The molecule has 0 bridgehead atoms. The van der Waals surface area contributed by atoms with Gasteiger partial charge >= 0.3 is 0 Å². The molecule has 118 valence electrons. The summed E-state index contributed by atoms with van der Waals surface area (Å²) >= 11 is 4.84. The summed E-state index contributed by atoms with van der Waals surface area (Å²) in [5, 5.41) is 0. The van der Waals surface area contributed by atoms with Gasteiger partial charge in [0.1, 0.15) is 4.99 Å². The zero-order chi connectivity index (χ0) is 15.7. The van der Waals surface area contributed by atoms with Gasteiger partial charge in [-0.3, -0.25) is 0 Å². The van der Waals surface area contributed by atoms with E-state index in [9.17, 15) is 8.42 Å². The Labute approximate surface area is 133 Å². The van der Waals surface area contributed by atoms with E-state index in [-0.39, 0.29) is 9.88 Å². The average Bonchev–Trinajstić information content (AvgIpc) is 2.46. The van der Waals surface area contributed by atoms with Crippen LogP contribution in [-0.2, 0) is 10.0 Å². The number of unbranched alkanes of at least 4 members (excludes halogenated alkanes) is 5. The number of rotatable bonds is 10. The molecule has 0 fully saturated rings. The Balaban J connectivity index is 2.41. The third kappa shape index (κ3) is 6.54. The molecule has 0 unspecified atom stereocenters. The SMILES string of the molecule is CCCCCCCCNS(=O)(=O)c1ccc(C(N)=S)cc1. The van der Waals surface area contributed by atoms with Gasteiger partial charge in [0.05, 0.1) is 4.90 Å². The molecule has 0 heterocycles. The van der Waals surface area contributed by atoms with Gasteiger partial charge < -0.3 is 5.73 Å². The van der Waals surface area contributed by atoms with Crippen LogP contribution in [0.2, 0.25) is 0 Å². The van der Waals surface area contributed by atoms with Crippen LogP contribution in [0.25, 0.3) is 0 Å². The molecule has 1 aromatic rings. The molecule has 0 atom stereocenters. The summed E-state index contributed by atoms with van der Waals surface area (Å²) < 4.78 is 26.8. The topological polar surface area (TPSA) is 72.2 Å². The molecule has 0 aliphatic heterocycles. The maximum absolute atomic E-state index is 12.1. The second-order valence-corrected chi connectivity index (χ2v) is 7.26. The molecule has 0 aliphatic rings. The summed E-state index contributed by atoms with van der Waals surface area (Å²) in [6, 6.07) is 6.30. The number of nitrogens with one attached hydrogen (secondary N) is 1. The molecule has 3 N–H and O–H groups in total. The summed E-state index contributed by atoms with van der Waals surface area (Å²) in [7, 11) is -3.43. The van der Waals surface area contributed by atoms with Crippen molar-refractivity contribution in [3.8, 4) is 0 Å². The Kier molecular flexibility index (Phi) is 7.85. The van der Waals surface area contributed by atoms with E-state index in [0.717, 1.165) is 19.3 Å². The number of thiocarbonyl (C=S) groups is 1. The first-order valence-electron chi connectivity index (χ1n) is 7.37. The van der Waals surface area contributed by atoms with Crippen molar-refractivity contribution in [2.24, 2.45) is 5.73 Å². The standard InChI is InChI=1S/C15H24N2O2S2/c1-2-3-4-5-6-7-12-17-21(18,19)14-10-8-13(9-11-14)15(16)20/h8-11,17H,2-7,12H2,1H3,(H2,16,20). The number of nitrogens with two attached hydrogens (primary N) is 1. The van der Waals surface area contributed by atoms with Gasteiger partial charge in [0, 0.05) is 12.1 Å². The Morgan fingerprint density at radius 2 is 1.67 bits per heavy atom. The van der Waals surface area contributed by atoms with E-state index >= 15 is 0 Å². The number of hydrogen-bond donors (Lipinski definition) is 2. The lowest BCUT2D eigenvalue weighted by Crippen LogP contribution is -2.24. The van der Waals surface area contributed by atoms with Crippen LogP contribution in [0, 0.1) is 0 Å². The van der Waals surface area contributed by atoms with Crippen LogP contribution in [0.15, 0.2) is 29.2 Å². The third-order valence-corrected chi connectivity index (χ3v) is 4.98. The van der Waals surface area contributed by atoms with Crippen molar-refractivity contribution >= 4 is 27.2 Å². The van der Waals surface area contributed by atoms with E-state index in [2.05, 4.69) is 11.6 Å². The molecule has 1 aromatic carbocycles. The summed E-state index contributed by atoms with van der Waals surface area (Å²) in [6.45, 7) is 2.66. The molecule has 0 aliphatic carbocycles. The van der Waals surface area contributed by atoms with Crippen LogP contribution in [0.4, 0.5) is 0 Å². The van der Waals surface area contributed by atoms with Crippen LogP contribution >= 0.6 is 12.2 Å². The lowest BCUT2D eigenvalue weighted by molar-refractivity contribution is 0.567. The van der Waals surface area contributed by atoms with E-state index in [1.807, 2.05) is 0 Å². The van der Waals surface area contributed by atoms with Crippen molar-refractivity contribution in [3.05, 3.63) is 29.8 Å². The fraction of sp³-hybridized carbons (Fsp3) is 0.533. The highest BCUT2D eigenvalue weighted by Gasteiger charge is 2.13. The van der Waals surface area contributed by atoms with Crippen LogP contribution in [-0.4, -0.2) is 20.0 Å². The first-order chi connectivity index (χ1) is 9.97. The van der Waals surface area contributed by atoms with Gasteiger partial charge in [-0.05, 0) is 18.6 Å². The summed E-state index contributed by atoms with van der Waals surface area (Å²) in [5.74, 6) is 0. The highest BCUT2D eigenvalue weighted by Crippen LogP contribution is 2.11. The zero-order valence-corrected chi connectivity index (χ0v) is 14.1. The smallest absolute Gasteiger partial charge is 0.240 e. The predicted molar refractivity (Wildman–Crippen MR) is 90.9 cm³/mol. The molecule has 0 radical (unpaired) electrons. The Morgan fingerprint density at radius 1 is 1.10 bits per heavy atom. The second kappa shape index (κ2) is 9.12. The summed E-state index contributed by atoms with van der Waals surface area (Å²) in [5.41, 5.74) is 6.15. The minimum Gasteiger partial charge on any atom is -0.389 e. The van der Waals surface area contributed by atoms with Gasteiger partial charge in [-0.1, -0.05) is 63.4 Å². The molecule has 0 spiro atoms. The fourth-order valence-corrected chi connectivity index (χ4v) is 3.20. The van der Waals surface area contributed by atoms with Crippen molar-refractivity contribution in [1.82, 2.24) is 4.72 Å². The van der Waals surface area contributed by atoms with Gasteiger partial charge in [-0.15, -0.1) is 0 Å². The number of hydrogen-bond acceptors (Lipinski definition) is 3. The van der Waals surface area contributed by atoms with Crippen molar-refractivity contribution in [3.63, 3.8) is 0 Å². The normalized spacial score (nSPS) is 11.5. The minimum absolute atomic E-state index is 0.244. The first-order valence-corrected chi connectivity index (χ1v) is 9.26. The quantitative estimate of drug-likeness (QED) is 0.511. The van der Waals surface area contributed by atoms with Crippen LogP contribution in [0.3, 0.4) is 0 Å². The van der Waals surface area contributed by atoms with Crippen LogP contribution in [0.5, 0.6) is 0 Å². The van der Waals surface area contributed by atoms with E-state index in [1.54, 1.807) is 12.1 Å². The minimum atomic E-state index is -3.43. The lowest BCUT2D eigenvalue weighted by atomic mass is 10.1. The molecule has 4 nitrogen and oxygen atoms in total. The summed E-state index contributed by atoms with van der Waals surface area (Å²) in [6.07, 6.45) is 6.79. The van der Waals surface area contributed by atoms with Gasteiger partial charge in [0.15, 0.2) is 0 Å². The molecule has 1 rings (SSSR count). The van der Waals surface area contributed by atoms with Crippen LogP contribution < -0.4 is 10.5 Å². The zero-order valence-electron chi connectivity index (χ0n) is 12.5. The molecule has 21 heavy (non-hydrogen) atoms. The highest BCUT2D eigenvalue weighted by molar-refractivity contribution is 7.89. The van der Waals surface area contributed by atoms with E-state index < -0.39 is 10.0 Å². The molecule has 0 amide bonds. The van der Waals surface area contributed by atoms with E-state index in [0.29, 0.717) is 12.1 Å². The third-order valence-electron chi connectivity index (χ3n) is 3.27. The maximum atomic E-state index is 12.1. The van der Waals surface area contributed by atoms with Gasteiger partial charge in [0.25, 0.3) is 0 Å². The highest BCUT2D eigenvalue weighted by atomic mass is 32.2. The molecule has 0 aromatic heterocycles.